The van der Waals surface area contributed by atoms with Gasteiger partial charge in [-0.25, -0.2) is 0 Å². The van der Waals surface area contributed by atoms with Gasteiger partial charge in [0.15, 0.2) is 0 Å². The van der Waals surface area contributed by atoms with Gasteiger partial charge in [-0.3, -0.25) is 4.98 Å². The highest BCUT2D eigenvalue weighted by molar-refractivity contribution is 5.89. The van der Waals surface area contributed by atoms with Gasteiger partial charge < -0.3 is 9.88 Å². The van der Waals surface area contributed by atoms with Crippen molar-refractivity contribution in [2.75, 3.05) is 6.54 Å². The Labute approximate surface area is 137 Å². The van der Waals surface area contributed by atoms with E-state index in [0.717, 1.165) is 25.9 Å². The van der Waals surface area contributed by atoms with Crippen molar-refractivity contribution in [2.24, 2.45) is 0 Å². The number of fused-ring (bicyclic) bond motifs is 3. The fourth-order valence-electron chi connectivity index (χ4n) is 3.95. The van der Waals surface area contributed by atoms with Crippen LogP contribution >= 0.6 is 0 Å². The fraction of sp³-hybridized carbons (Fsp3) is 0.350. The number of nitrogens with one attached hydrogen (secondary N) is 1. The lowest BCUT2D eigenvalue weighted by atomic mass is 9.98. The van der Waals surface area contributed by atoms with Crippen molar-refractivity contribution in [1.29, 1.82) is 0 Å². The van der Waals surface area contributed by atoms with Crippen molar-refractivity contribution in [2.45, 2.75) is 39.3 Å². The molecule has 1 aliphatic rings. The lowest BCUT2D eigenvalue weighted by Gasteiger charge is -2.23. The molecular formula is C20H23N3. The third kappa shape index (κ3) is 2.45. The van der Waals surface area contributed by atoms with E-state index in [1.165, 1.54) is 33.4 Å². The summed E-state index contributed by atoms with van der Waals surface area (Å²) in [5.74, 6) is 0. The van der Waals surface area contributed by atoms with Crippen molar-refractivity contribution in [1.82, 2.24) is 14.9 Å². The zero-order valence-electron chi connectivity index (χ0n) is 13.8. The van der Waals surface area contributed by atoms with Gasteiger partial charge in [-0.05, 0) is 37.1 Å². The first kappa shape index (κ1) is 14.5. The van der Waals surface area contributed by atoms with Gasteiger partial charge in [0, 0.05) is 54.9 Å². The van der Waals surface area contributed by atoms with Crippen molar-refractivity contribution < 1.29 is 0 Å². The summed E-state index contributed by atoms with van der Waals surface area (Å²) in [6.45, 7) is 6.57. The zero-order chi connectivity index (χ0) is 15.8. The summed E-state index contributed by atoms with van der Waals surface area (Å²) >= 11 is 0. The van der Waals surface area contributed by atoms with E-state index in [-0.39, 0.29) is 0 Å². The molecule has 2 aromatic heterocycles. The van der Waals surface area contributed by atoms with Crippen LogP contribution in [0.5, 0.6) is 0 Å². The highest BCUT2D eigenvalue weighted by Crippen LogP contribution is 2.35. The second-order valence-electron chi connectivity index (χ2n) is 6.48. The smallest absolute Gasteiger partial charge is 0.0515 e. The van der Waals surface area contributed by atoms with Crippen molar-refractivity contribution in [3.63, 3.8) is 0 Å². The molecule has 23 heavy (non-hydrogen) atoms. The predicted molar refractivity (Wildman–Crippen MR) is 94.7 cm³/mol. The number of aromatic nitrogens is 2. The molecule has 0 aliphatic carbocycles. The molecule has 4 rings (SSSR count). The molecule has 3 aromatic rings. The van der Waals surface area contributed by atoms with E-state index in [4.69, 9.17) is 0 Å². The average molecular weight is 305 g/mol. The molecular weight excluding hydrogens is 282 g/mol. The Bertz CT molecular complexity index is 833. The minimum Gasteiger partial charge on any atom is -0.344 e. The molecule has 1 N–H and O–H groups in total. The highest BCUT2D eigenvalue weighted by atomic mass is 15.0. The summed E-state index contributed by atoms with van der Waals surface area (Å²) in [5.41, 5.74) is 6.94. The quantitative estimate of drug-likeness (QED) is 0.798. The number of nitrogens with zero attached hydrogens (tertiary/aromatic N) is 2. The van der Waals surface area contributed by atoms with Gasteiger partial charge in [0.25, 0.3) is 0 Å². The van der Waals surface area contributed by atoms with Crippen LogP contribution in [-0.2, 0) is 19.4 Å². The van der Waals surface area contributed by atoms with Crippen LogP contribution in [0.1, 0.15) is 35.5 Å². The summed E-state index contributed by atoms with van der Waals surface area (Å²) in [5, 5.41) is 5.03. The summed E-state index contributed by atoms with van der Waals surface area (Å²) in [6.07, 6.45) is 3.97. The molecule has 3 heterocycles. The first-order valence-electron chi connectivity index (χ1n) is 8.49. The molecule has 0 bridgehead atoms. The number of para-hydroxylation sites is 1. The minimum atomic E-state index is 0.430. The Morgan fingerprint density at radius 3 is 2.96 bits per heavy atom. The topological polar surface area (TPSA) is 29.9 Å². The lowest BCUT2D eigenvalue weighted by molar-refractivity contribution is 0.521. The second-order valence-corrected chi connectivity index (χ2v) is 6.48. The van der Waals surface area contributed by atoms with Gasteiger partial charge in [0.2, 0.25) is 0 Å². The van der Waals surface area contributed by atoms with Crippen molar-refractivity contribution in [3.05, 3.63) is 65.1 Å². The second kappa shape index (κ2) is 5.82. The molecule has 1 unspecified atom stereocenters. The van der Waals surface area contributed by atoms with Gasteiger partial charge in [0.05, 0.1) is 5.52 Å². The maximum Gasteiger partial charge on any atom is 0.0515 e. The van der Waals surface area contributed by atoms with Crippen LogP contribution < -0.4 is 5.32 Å². The Hall–Kier alpha value is -2.13. The SMILES string of the molecule is Cc1cccc2c3c(n(CCc4ccccn4)c12)CCNC3C. The molecule has 1 atom stereocenters. The molecule has 118 valence electrons. The number of pyridine rings is 1. The van der Waals surface area contributed by atoms with Crippen LogP contribution in [-0.4, -0.2) is 16.1 Å². The van der Waals surface area contributed by atoms with Gasteiger partial charge in [-0.15, -0.1) is 0 Å². The minimum absolute atomic E-state index is 0.430. The molecule has 0 amide bonds. The van der Waals surface area contributed by atoms with E-state index in [0.29, 0.717) is 6.04 Å². The number of benzene rings is 1. The molecule has 3 nitrogen and oxygen atoms in total. The summed E-state index contributed by atoms with van der Waals surface area (Å²) in [6, 6.07) is 13.3. The third-order valence-corrected chi connectivity index (χ3v) is 5.00. The summed E-state index contributed by atoms with van der Waals surface area (Å²) in [4.78, 5) is 4.48. The molecule has 3 heteroatoms. The monoisotopic (exact) mass is 305 g/mol. The van der Waals surface area contributed by atoms with Gasteiger partial charge >= 0.3 is 0 Å². The lowest BCUT2D eigenvalue weighted by Crippen LogP contribution is -2.28. The largest absolute Gasteiger partial charge is 0.344 e. The maximum atomic E-state index is 4.48. The number of hydrogen-bond donors (Lipinski definition) is 1. The Morgan fingerprint density at radius 2 is 2.13 bits per heavy atom. The fourth-order valence-corrected chi connectivity index (χ4v) is 3.95. The van der Waals surface area contributed by atoms with Gasteiger partial charge in [0.1, 0.15) is 0 Å². The Kier molecular flexibility index (Phi) is 3.66. The first-order chi connectivity index (χ1) is 11.3. The third-order valence-electron chi connectivity index (χ3n) is 5.00. The molecule has 0 radical (unpaired) electrons. The normalized spacial score (nSPS) is 17.4. The van der Waals surface area contributed by atoms with Crippen LogP contribution in [0.4, 0.5) is 0 Å². The van der Waals surface area contributed by atoms with Gasteiger partial charge in [-0.1, -0.05) is 24.3 Å². The predicted octanol–water partition coefficient (Wildman–Crippen LogP) is 3.79. The standard InChI is InChI=1S/C20H23N3/c1-14-6-5-8-17-19-15(2)21-12-9-18(19)23(20(14)17)13-10-16-7-3-4-11-22-16/h3-8,11,15,21H,9-10,12-13H2,1-2H3. The van der Waals surface area contributed by atoms with E-state index < -0.39 is 0 Å². The van der Waals surface area contributed by atoms with E-state index >= 15 is 0 Å². The van der Waals surface area contributed by atoms with E-state index in [2.05, 4.69) is 59.0 Å². The summed E-state index contributed by atoms with van der Waals surface area (Å²) < 4.78 is 2.55. The molecule has 1 aromatic carbocycles. The Morgan fingerprint density at radius 1 is 1.22 bits per heavy atom. The zero-order valence-corrected chi connectivity index (χ0v) is 13.8. The number of aryl methyl sites for hydroxylation is 3. The van der Waals surface area contributed by atoms with E-state index in [9.17, 15) is 0 Å². The molecule has 1 aliphatic heterocycles. The average Bonchev–Trinajstić information content (AvgIpc) is 2.90. The molecule has 0 fully saturated rings. The molecule has 0 saturated carbocycles. The molecule has 0 saturated heterocycles. The number of hydrogen-bond acceptors (Lipinski definition) is 2. The van der Waals surface area contributed by atoms with Crippen molar-refractivity contribution in [3.8, 4) is 0 Å². The van der Waals surface area contributed by atoms with Crippen LogP contribution in [0.25, 0.3) is 10.9 Å². The molecule has 0 spiro atoms. The summed E-state index contributed by atoms with van der Waals surface area (Å²) in [7, 11) is 0. The van der Waals surface area contributed by atoms with Gasteiger partial charge in [-0.2, -0.15) is 0 Å². The van der Waals surface area contributed by atoms with Crippen LogP contribution in [0.3, 0.4) is 0 Å². The van der Waals surface area contributed by atoms with E-state index in [1.807, 2.05) is 12.3 Å². The van der Waals surface area contributed by atoms with Crippen LogP contribution in [0.2, 0.25) is 0 Å². The van der Waals surface area contributed by atoms with Crippen LogP contribution in [0.15, 0.2) is 42.6 Å². The highest BCUT2D eigenvalue weighted by Gasteiger charge is 2.24. The number of rotatable bonds is 3. The Balaban J connectivity index is 1.82. The van der Waals surface area contributed by atoms with Crippen molar-refractivity contribution >= 4 is 10.9 Å². The van der Waals surface area contributed by atoms with E-state index in [1.54, 1.807) is 0 Å². The van der Waals surface area contributed by atoms with Crippen LogP contribution in [0, 0.1) is 6.92 Å². The first-order valence-corrected chi connectivity index (χ1v) is 8.49. The maximum absolute atomic E-state index is 4.48.